The Morgan fingerprint density at radius 2 is 2.19 bits per heavy atom. The summed E-state index contributed by atoms with van der Waals surface area (Å²) in [5.41, 5.74) is 0.0221. The minimum Gasteiger partial charge on any atom is -0.485 e. The lowest BCUT2D eigenvalue weighted by molar-refractivity contribution is -0.385. The zero-order chi connectivity index (χ0) is 11.4. The SMILES string of the molecule is O=[N+]([O-])c1ccccc1OCCNC1CC1. The second-order valence-corrected chi connectivity index (χ2v) is 3.80. The van der Waals surface area contributed by atoms with E-state index in [1.54, 1.807) is 18.2 Å². The van der Waals surface area contributed by atoms with Crippen molar-refractivity contribution < 1.29 is 9.66 Å². The van der Waals surface area contributed by atoms with Crippen LogP contribution in [0.25, 0.3) is 0 Å². The predicted molar refractivity (Wildman–Crippen MR) is 59.6 cm³/mol. The molecule has 0 atom stereocenters. The van der Waals surface area contributed by atoms with Gasteiger partial charge in [0.15, 0.2) is 5.75 Å². The zero-order valence-electron chi connectivity index (χ0n) is 8.89. The Kier molecular flexibility index (Phi) is 3.36. The molecule has 0 bridgehead atoms. The first-order valence-electron chi connectivity index (χ1n) is 5.37. The van der Waals surface area contributed by atoms with Crippen LogP contribution in [-0.2, 0) is 0 Å². The van der Waals surface area contributed by atoms with Crippen LogP contribution in [-0.4, -0.2) is 24.1 Å². The fraction of sp³-hybridized carbons (Fsp3) is 0.455. The first-order chi connectivity index (χ1) is 7.77. The fourth-order valence-electron chi connectivity index (χ4n) is 1.44. The first kappa shape index (κ1) is 10.9. The molecule has 0 amide bonds. The Bertz CT molecular complexity index is 377. The molecule has 0 radical (unpaired) electrons. The summed E-state index contributed by atoms with van der Waals surface area (Å²) >= 11 is 0. The highest BCUT2D eigenvalue weighted by Gasteiger charge is 2.20. The first-order valence-corrected chi connectivity index (χ1v) is 5.37. The largest absolute Gasteiger partial charge is 0.485 e. The van der Waals surface area contributed by atoms with E-state index in [2.05, 4.69) is 5.32 Å². The molecule has 0 spiro atoms. The van der Waals surface area contributed by atoms with Crippen LogP contribution in [0.4, 0.5) is 5.69 Å². The van der Waals surface area contributed by atoms with Gasteiger partial charge in [0.2, 0.25) is 0 Å². The van der Waals surface area contributed by atoms with Gasteiger partial charge in [-0.15, -0.1) is 0 Å². The molecule has 2 rings (SSSR count). The highest BCUT2D eigenvalue weighted by Crippen LogP contribution is 2.25. The Morgan fingerprint density at radius 3 is 2.88 bits per heavy atom. The third-order valence-electron chi connectivity index (χ3n) is 2.43. The van der Waals surface area contributed by atoms with Crippen molar-refractivity contribution in [2.45, 2.75) is 18.9 Å². The molecule has 0 saturated heterocycles. The minimum absolute atomic E-state index is 0.0221. The molecule has 0 heterocycles. The van der Waals surface area contributed by atoms with Gasteiger partial charge in [0.25, 0.3) is 0 Å². The van der Waals surface area contributed by atoms with Gasteiger partial charge < -0.3 is 10.1 Å². The molecule has 1 saturated carbocycles. The number of hydrogen-bond donors (Lipinski definition) is 1. The van der Waals surface area contributed by atoms with Gasteiger partial charge in [-0.3, -0.25) is 10.1 Å². The molecule has 1 aromatic carbocycles. The second-order valence-electron chi connectivity index (χ2n) is 3.80. The standard InChI is InChI=1S/C11H14N2O3/c14-13(15)10-3-1-2-4-11(10)16-8-7-12-9-5-6-9/h1-4,9,12H,5-8H2. The second kappa shape index (κ2) is 4.94. The Balaban J connectivity index is 1.84. The van der Waals surface area contributed by atoms with E-state index in [0.717, 1.165) is 6.54 Å². The Hall–Kier alpha value is -1.62. The van der Waals surface area contributed by atoms with Crippen molar-refractivity contribution in [2.75, 3.05) is 13.2 Å². The van der Waals surface area contributed by atoms with Crippen LogP contribution in [0.2, 0.25) is 0 Å². The average molecular weight is 222 g/mol. The van der Waals surface area contributed by atoms with E-state index >= 15 is 0 Å². The zero-order valence-corrected chi connectivity index (χ0v) is 8.89. The number of rotatable bonds is 6. The molecular weight excluding hydrogens is 208 g/mol. The molecule has 5 nitrogen and oxygen atoms in total. The summed E-state index contributed by atoms with van der Waals surface area (Å²) < 4.78 is 5.37. The number of nitro benzene ring substituents is 1. The van der Waals surface area contributed by atoms with Crippen molar-refractivity contribution in [1.29, 1.82) is 0 Å². The van der Waals surface area contributed by atoms with Crippen molar-refractivity contribution in [3.63, 3.8) is 0 Å². The van der Waals surface area contributed by atoms with Crippen molar-refractivity contribution in [2.24, 2.45) is 0 Å². The molecule has 86 valence electrons. The molecule has 5 heteroatoms. The summed E-state index contributed by atoms with van der Waals surface area (Å²) in [7, 11) is 0. The molecule has 1 aromatic rings. The molecule has 16 heavy (non-hydrogen) atoms. The highest BCUT2D eigenvalue weighted by atomic mass is 16.6. The van der Waals surface area contributed by atoms with Gasteiger partial charge in [0.1, 0.15) is 6.61 Å². The van der Waals surface area contributed by atoms with Crippen LogP contribution < -0.4 is 10.1 Å². The van der Waals surface area contributed by atoms with Gasteiger partial charge in [0.05, 0.1) is 4.92 Å². The highest BCUT2D eigenvalue weighted by molar-refractivity contribution is 5.45. The maximum atomic E-state index is 10.7. The van der Waals surface area contributed by atoms with Crippen molar-refractivity contribution in [3.05, 3.63) is 34.4 Å². The number of nitrogens with one attached hydrogen (secondary N) is 1. The van der Waals surface area contributed by atoms with Gasteiger partial charge in [-0.1, -0.05) is 12.1 Å². The third kappa shape index (κ3) is 2.93. The van der Waals surface area contributed by atoms with Crippen LogP contribution in [0.3, 0.4) is 0 Å². The normalized spacial score (nSPS) is 14.8. The maximum Gasteiger partial charge on any atom is 0.310 e. The lowest BCUT2D eigenvalue weighted by Crippen LogP contribution is -2.22. The molecule has 0 aliphatic heterocycles. The quantitative estimate of drug-likeness (QED) is 0.452. The van der Waals surface area contributed by atoms with Crippen LogP contribution in [0.5, 0.6) is 5.75 Å². The molecule has 1 aliphatic rings. The summed E-state index contributed by atoms with van der Waals surface area (Å²) in [4.78, 5) is 10.3. The van der Waals surface area contributed by atoms with E-state index in [1.165, 1.54) is 18.9 Å². The molecule has 1 fully saturated rings. The molecule has 1 N–H and O–H groups in total. The monoisotopic (exact) mass is 222 g/mol. The van der Waals surface area contributed by atoms with Crippen LogP contribution in [0, 0.1) is 10.1 Å². The van der Waals surface area contributed by atoms with Crippen LogP contribution in [0.1, 0.15) is 12.8 Å². The number of ether oxygens (including phenoxy) is 1. The van der Waals surface area contributed by atoms with Gasteiger partial charge >= 0.3 is 5.69 Å². The van der Waals surface area contributed by atoms with E-state index in [1.807, 2.05) is 0 Å². The van der Waals surface area contributed by atoms with E-state index in [9.17, 15) is 10.1 Å². The van der Waals surface area contributed by atoms with E-state index < -0.39 is 4.92 Å². The topological polar surface area (TPSA) is 64.4 Å². The molecule has 0 unspecified atom stereocenters. The van der Waals surface area contributed by atoms with Crippen molar-refractivity contribution in [1.82, 2.24) is 5.32 Å². The average Bonchev–Trinajstić information content (AvgIpc) is 3.08. The maximum absolute atomic E-state index is 10.7. The fourth-order valence-corrected chi connectivity index (χ4v) is 1.44. The lowest BCUT2D eigenvalue weighted by atomic mass is 10.3. The number of benzene rings is 1. The van der Waals surface area contributed by atoms with E-state index in [0.29, 0.717) is 18.4 Å². The van der Waals surface area contributed by atoms with Gasteiger partial charge in [-0.2, -0.15) is 0 Å². The van der Waals surface area contributed by atoms with Crippen LogP contribution >= 0.6 is 0 Å². The number of nitrogens with zero attached hydrogens (tertiary/aromatic N) is 1. The molecule has 0 aromatic heterocycles. The van der Waals surface area contributed by atoms with Gasteiger partial charge in [-0.05, 0) is 18.9 Å². The lowest BCUT2D eigenvalue weighted by Gasteiger charge is -2.06. The van der Waals surface area contributed by atoms with Crippen LogP contribution in [0.15, 0.2) is 24.3 Å². The minimum atomic E-state index is -0.427. The number of hydrogen-bond acceptors (Lipinski definition) is 4. The van der Waals surface area contributed by atoms with Crippen molar-refractivity contribution >= 4 is 5.69 Å². The molecule has 1 aliphatic carbocycles. The van der Waals surface area contributed by atoms with Gasteiger partial charge in [-0.25, -0.2) is 0 Å². The summed E-state index contributed by atoms with van der Waals surface area (Å²) in [6.07, 6.45) is 2.46. The van der Waals surface area contributed by atoms with Crippen molar-refractivity contribution in [3.8, 4) is 5.75 Å². The number of para-hydroxylation sites is 2. The smallest absolute Gasteiger partial charge is 0.310 e. The predicted octanol–water partition coefficient (Wildman–Crippen LogP) is 1.73. The summed E-state index contributed by atoms with van der Waals surface area (Å²) in [6.45, 7) is 1.19. The third-order valence-corrected chi connectivity index (χ3v) is 2.43. The number of nitro groups is 1. The van der Waals surface area contributed by atoms with Gasteiger partial charge in [0, 0.05) is 18.7 Å². The summed E-state index contributed by atoms with van der Waals surface area (Å²) in [6, 6.07) is 7.07. The summed E-state index contributed by atoms with van der Waals surface area (Å²) in [5.74, 6) is 0.338. The van der Waals surface area contributed by atoms with E-state index in [4.69, 9.17) is 4.74 Å². The molecular formula is C11H14N2O3. The summed E-state index contributed by atoms with van der Waals surface area (Å²) in [5, 5.41) is 14.0. The Morgan fingerprint density at radius 1 is 1.44 bits per heavy atom. The van der Waals surface area contributed by atoms with E-state index in [-0.39, 0.29) is 5.69 Å². The Labute approximate surface area is 93.6 Å².